The maximum Gasteiger partial charge on any atom is 0.0636 e. The molecule has 0 spiro atoms. The van der Waals surface area contributed by atoms with E-state index in [2.05, 4.69) is 25.7 Å². The fourth-order valence-corrected chi connectivity index (χ4v) is 1.09. The molecule has 0 amide bonds. The number of aliphatic hydroxyl groups is 1. The molecule has 0 rings (SSSR count). The molecule has 2 heteroatoms. The van der Waals surface area contributed by atoms with Crippen LogP contribution < -0.4 is 5.32 Å². The van der Waals surface area contributed by atoms with Gasteiger partial charge in [0.05, 0.1) is 6.10 Å². The molecule has 2 nitrogen and oxygen atoms in total. The molecule has 0 aliphatic rings. The lowest BCUT2D eigenvalue weighted by molar-refractivity contribution is 0.181. The van der Waals surface area contributed by atoms with Crippen molar-refractivity contribution in [2.45, 2.75) is 39.3 Å². The minimum Gasteiger partial charge on any atom is -0.392 e. The summed E-state index contributed by atoms with van der Waals surface area (Å²) in [4.78, 5) is 0. The van der Waals surface area contributed by atoms with Crippen LogP contribution in [0.1, 0.15) is 27.2 Å². The van der Waals surface area contributed by atoms with E-state index in [-0.39, 0.29) is 6.10 Å². The van der Waals surface area contributed by atoms with Crippen LogP contribution in [0.15, 0.2) is 12.7 Å². The molecule has 0 unspecified atom stereocenters. The van der Waals surface area contributed by atoms with Gasteiger partial charge in [-0.15, -0.1) is 6.58 Å². The summed E-state index contributed by atoms with van der Waals surface area (Å²) in [7, 11) is 0. The normalized spacial score (nSPS) is 16.1. The van der Waals surface area contributed by atoms with Crippen LogP contribution in [0.25, 0.3) is 0 Å². The highest BCUT2D eigenvalue weighted by Crippen LogP contribution is 2.05. The van der Waals surface area contributed by atoms with Crippen molar-refractivity contribution in [2.24, 2.45) is 5.92 Å². The minimum absolute atomic E-state index is 0.268. The summed E-state index contributed by atoms with van der Waals surface area (Å²) in [5.41, 5.74) is 0. The fourth-order valence-electron chi connectivity index (χ4n) is 1.09. The molecule has 12 heavy (non-hydrogen) atoms. The van der Waals surface area contributed by atoms with Crippen LogP contribution >= 0.6 is 0 Å². The standard InChI is InChI=1S/C10H21NO/c1-5-6-10(8(2)3)11-7-9(4)12/h5,8-12H,1,6-7H2,2-4H3/t9-,10+/m0/s1. The molecule has 0 aromatic rings. The van der Waals surface area contributed by atoms with Gasteiger partial charge in [0.2, 0.25) is 0 Å². The zero-order chi connectivity index (χ0) is 9.56. The molecule has 0 fully saturated rings. The summed E-state index contributed by atoms with van der Waals surface area (Å²) < 4.78 is 0. The molecular weight excluding hydrogens is 150 g/mol. The zero-order valence-electron chi connectivity index (χ0n) is 8.38. The van der Waals surface area contributed by atoms with Crippen LogP contribution in [0.4, 0.5) is 0 Å². The van der Waals surface area contributed by atoms with Crippen molar-refractivity contribution in [3.8, 4) is 0 Å². The maximum absolute atomic E-state index is 9.06. The van der Waals surface area contributed by atoms with Gasteiger partial charge in [-0.3, -0.25) is 0 Å². The summed E-state index contributed by atoms with van der Waals surface area (Å²) in [5, 5.41) is 12.4. The Labute approximate surface area is 75.7 Å². The maximum atomic E-state index is 9.06. The predicted molar refractivity (Wildman–Crippen MR) is 53.1 cm³/mol. The third-order valence-corrected chi connectivity index (χ3v) is 1.90. The highest BCUT2D eigenvalue weighted by atomic mass is 16.3. The van der Waals surface area contributed by atoms with E-state index in [4.69, 9.17) is 5.11 Å². The van der Waals surface area contributed by atoms with Crippen molar-refractivity contribution < 1.29 is 5.11 Å². The van der Waals surface area contributed by atoms with Crippen molar-refractivity contribution in [1.82, 2.24) is 5.32 Å². The average Bonchev–Trinajstić information content (AvgIpc) is 1.96. The lowest BCUT2D eigenvalue weighted by Crippen LogP contribution is -2.37. The summed E-state index contributed by atoms with van der Waals surface area (Å²) >= 11 is 0. The number of aliphatic hydroxyl groups excluding tert-OH is 1. The van der Waals surface area contributed by atoms with Gasteiger partial charge < -0.3 is 10.4 Å². The third-order valence-electron chi connectivity index (χ3n) is 1.90. The van der Waals surface area contributed by atoms with Gasteiger partial charge in [-0.1, -0.05) is 19.9 Å². The van der Waals surface area contributed by atoms with Crippen molar-refractivity contribution >= 4 is 0 Å². The molecule has 0 aromatic carbocycles. The van der Waals surface area contributed by atoms with Gasteiger partial charge in [0.1, 0.15) is 0 Å². The highest BCUT2D eigenvalue weighted by Gasteiger charge is 2.10. The first-order valence-electron chi connectivity index (χ1n) is 4.60. The molecular formula is C10H21NO. The van der Waals surface area contributed by atoms with Crippen LogP contribution in [0.2, 0.25) is 0 Å². The van der Waals surface area contributed by atoms with Crippen LogP contribution in [-0.4, -0.2) is 23.8 Å². The molecule has 0 saturated carbocycles. The molecule has 0 bridgehead atoms. The van der Waals surface area contributed by atoms with E-state index in [0.717, 1.165) is 6.42 Å². The van der Waals surface area contributed by atoms with E-state index in [1.54, 1.807) is 6.92 Å². The smallest absolute Gasteiger partial charge is 0.0636 e. The second kappa shape index (κ2) is 6.21. The monoisotopic (exact) mass is 171 g/mol. The van der Waals surface area contributed by atoms with E-state index < -0.39 is 0 Å². The molecule has 2 N–H and O–H groups in total. The first-order chi connectivity index (χ1) is 5.57. The Morgan fingerprint density at radius 3 is 2.33 bits per heavy atom. The number of hydrogen-bond acceptors (Lipinski definition) is 2. The second-order valence-electron chi connectivity index (χ2n) is 3.63. The van der Waals surface area contributed by atoms with Crippen molar-refractivity contribution in [3.05, 3.63) is 12.7 Å². The van der Waals surface area contributed by atoms with E-state index >= 15 is 0 Å². The number of rotatable bonds is 6. The number of nitrogens with one attached hydrogen (secondary N) is 1. The fraction of sp³-hybridized carbons (Fsp3) is 0.800. The molecule has 0 aliphatic heterocycles. The Bertz CT molecular complexity index is 121. The summed E-state index contributed by atoms with van der Waals surface area (Å²) in [6, 6.07) is 0.442. The first-order valence-corrected chi connectivity index (χ1v) is 4.60. The molecule has 2 atom stereocenters. The average molecular weight is 171 g/mol. The van der Waals surface area contributed by atoms with E-state index in [1.807, 2.05) is 6.08 Å². The quantitative estimate of drug-likeness (QED) is 0.594. The van der Waals surface area contributed by atoms with Crippen LogP contribution in [0.3, 0.4) is 0 Å². The van der Waals surface area contributed by atoms with Crippen molar-refractivity contribution in [2.75, 3.05) is 6.54 Å². The largest absolute Gasteiger partial charge is 0.392 e. The van der Waals surface area contributed by atoms with Crippen LogP contribution in [0, 0.1) is 5.92 Å². The molecule has 0 aromatic heterocycles. The summed E-state index contributed by atoms with van der Waals surface area (Å²) in [6.45, 7) is 10.5. The van der Waals surface area contributed by atoms with Gasteiger partial charge in [-0.2, -0.15) is 0 Å². The van der Waals surface area contributed by atoms with Crippen molar-refractivity contribution in [3.63, 3.8) is 0 Å². The van der Waals surface area contributed by atoms with Gasteiger partial charge in [-0.05, 0) is 19.3 Å². The third kappa shape index (κ3) is 5.33. The van der Waals surface area contributed by atoms with Gasteiger partial charge in [0, 0.05) is 12.6 Å². The zero-order valence-corrected chi connectivity index (χ0v) is 8.38. The van der Waals surface area contributed by atoms with E-state index in [9.17, 15) is 0 Å². The topological polar surface area (TPSA) is 32.3 Å². The molecule has 72 valence electrons. The second-order valence-corrected chi connectivity index (χ2v) is 3.63. The summed E-state index contributed by atoms with van der Waals surface area (Å²) in [6.07, 6.45) is 2.61. The van der Waals surface area contributed by atoms with Gasteiger partial charge in [-0.25, -0.2) is 0 Å². The van der Waals surface area contributed by atoms with Crippen LogP contribution in [0.5, 0.6) is 0 Å². The lowest BCUT2D eigenvalue weighted by Gasteiger charge is -2.21. The Morgan fingerprint density at radius 1 is 1.42 bits per heavy atom. The van der Waals surface area contributed by atoms with E-state index in [1.165, 1.54) is 0 Å². The first kappa shape index (κ1) is 11.7. The van der Waals surface area contributed by atoms with E-state index in [0.29, 0.717) is 18.5 Å². The molecule has 0 saturated heterocycles. The Hall–Kier alpha value is -0.340. The lowest BCUT2D eigenvalue weighted by atomic mass is 10.0. The van der Waals surface area contributed by atoms with Crippen LogP contribution in [-0.2, 0) is 0 Å². The number of hydrogen-bond donors (Lipinski definition) is 2. The Balaban J connectivity index is 3.70. The van der Waals surface area contributed by atoms with Crippen molar-refractivity contribution in [1.29, 1.82) is 0 Å². The van der Waals surface area contributed by atoms with Gasteiger partial charge in [0.15, 0.2) is 0 Å². The van der Waals surface area contributed by atoms with Gasteiger partial charge >= 0.3 is 0 Å². The Morgan fingerprint density at radius 2 is 2.00 bits per heavy atom. The predicted octanol–water partition coefficient (Wildman–Crippen LogP) is 1.56. The SMILES string of the molecule is C=CC[C@@H](NC[C@H](C)O)C(C)C. The molecule has 0 radical (unpaired) electrons. The highest BCUT2D eigenvalue weighted by molar-refractivity contribution is 4.80. The summed E-state index contributed by atoms with van der Waals surface area (Å²) in [5.74, 6) is 0.585. The Kier molecular flexibility index (Phi) is 6.03. The molecule has 0 aliphatic carbocycles. The minimum atomic E-state index is -0.268. The molecule has 0 heterocycles. The van der Waals surface area contributed by atoms with Gasteiger partial charge in [0.25, 0.3) is 0 Å².